The van der Waals surface area contributed by atoms with Crippen molar-refractivity contribution in [3.63, 3.8) is 0 Å². The zero-order valence-corrected chi connectivity index (χ0v) is 26.5. The van der Waals surface area contributed by atoms with Gasteiger partial charge in [0, 0.05) is 5.92 Å². The lowest BCUT2D eigenvalue weighted by Gasteiger charge is -2.29. The average molecular weight is 533 g/mol. The van der Waals surface area contributed by atoms with Gasteiger partial charge in [-0.3, -0.25) is 0 Å². The molecule has 3 rings (SSSR count). The Bertz CT molecular complexity index is 1190. The molecule has 0 aromatic heterocycles. The van der Waals surface area contributed by atoms with E-state index in [9.17, 15) is 15.3 Å². The monoisotopic (exact) mass is 532 g/mol. The number of benzene rings is 3. The van der Waals surface area contributed by atoms with E-state index in [-0.39, 0.29) is 22.2 Å². The molecule has 3 N–H and O–H groups in total. The molecule has 0 saturated carbocycles. The maximum absolute atomic E-state index is 10.5. The number of aromatic hydroxyl groups is 3. The third-order valence-corrected chi connectivity index (χ3v) is 7.42. The zero-order chi connectivity index (χ0) is 29.9. The van der Waals surface area contributed by atoms with Gasteiger partial charge in [-0.2, -0.15) is 0 Å². The van der Waals surface area contributed by atoms with Crippen molar-refractivity contribution in [2.45, 2.75) is 118 Å². The molecule has 0 atom stereocenters. The predicted octanol–water partition coefficient (Wildman–Crippen LogP) is 9.93. The fourth-order valence-corrected chi connectivity index (χ4v) is 5.25. The van der Waals surface area contributed by atoms with Crippen molar-refractivity contribution >= 4 is 0 Å². The summed E-state index contributed by atoms with van der Waals surface area (Å²) in [7, 11) is 0. The topological polar surface area (TPSA) is 60.7 Å². The highest BCUT2D eigenvalue weighted by molar-refractivity contribution is 5.52. The van der Waals surface area contributed by atoms with E-state index in [1.54, 1.807) is 6.07 Å². The number of hydrogen-bond donors (Lipinski definition) is 3. The van der Waals surface area contributed by atoms with Gasteiger partial charge in [-0.15, -0.1) is 0 Å². The van der Waals surface area contributed by atoms with Crippen molar-refractivity contribution in [3.05, 3.63) is 87.5 Å². The van der Waals surface area contributed by atoms with Crippen LogP contribution in [0.25, 0.3) is 0 Å². The van der Waals surface area contributed by atoms with E-state index in [2.05, 4.69) is 95.2 Å². The second-order valence-electron chi connectivity index (χ2n) is 14.1. The third-order valence-electron chi connectivity index (χ3n) is 7.42. The first-order chi connectivity index (χ1) is 17.8. The Kier molecular flexibility index (Phi) is 9.98. The van der Waals surface area contributed by atoms with E-state index in [4.69, 9.17) is 0 Å². The predicted molar refractivity (Wildman–Crippen MR) is 167 cm³/mol. The van der Waals surface area contributed by atoms with Crippen LogP contribution in [0.3, 0.4) is 0 Å². The zero-order valence-electron chi connectivity index (χ0n) is 26.5. The van der Waals surface area contributed by atoms with Gasteiger partial charge in [-0.1, -0.05) is 106 Å². The van der Waals surface area contributed by atoms with E-state index in [0.717, 1.165) is 40.7 Å². The van der Waals surface area contributed by atoms with Crippen LogP contribution in [-0.2, 0) is 16.2 Å². The van der Waals surface area contributed by atoms with Crippen LogP contribution in [0.4, 0.5) is 0 Å². The Balaban J connectivity index is 0.000000404. The Morgan fingerprint density at radius 3 is 1.26 bits per heavy atom. The minimum Gasteiger partial charge on any atom is -0.508 e. The Morgan fingerprint density at radius 1 is 0.564 bits per heavy atom. The molecule has 3 nitrogen and oxygen atoms in total. The molecule has 3 aromatic rings. The Labute approximate surface area is 238 Å². The van der Waals surface area contributed by atoms with Gasteiger partial charge in [0.15, 0.2) is 0 Å². The van der Waals surface area contributed by atoms with Crippen molar-refractivity contribution in [2.24, 2.45) is 0 Å². The fourth-order valence-electron chi connectivity index (χ4n) is 5.25. The van der Waals surface area contributed by atoms with Crippen molar-refractivity contribution < 1.29 is 15.3 Å². The SMILES string of the molecule is CC(C)(C)c1ccccc1O.CCCC(c1cc(C(C)(C)C)c(O)cc1C)c1cc(C(C)(C)C)c(O)cc1C. The highest BCUT2D eigenvalue weighted by atomic mass is 16.3. The highest BCUT2D eigenvalue weighted by Gasteiger charge is 2.26. The number of phenolic OH excluding ortho intramolecular Hbond substituents is 3. The van der Waals surface area contributed by atoms with Crippen LogP contribution < -0.4 is 0 Å². The third kappa shape index (κ3) is 8.03. The molecule has 0 fully saturated rings. The van der Waals surface area contributed by atoms with Crippen LogP contribution >= 0.6 is 0 Å². The molecule has 214 valence electrons. The summed E-state index contributed by atoms with van der Waals surface area (Å²) in [6.45, 7) is 25.5. The summed E-state index contributed by atoms with van der Waals surface area (Å²) in [5.74, 6) is 1.39. The second-order valence-corrected chi connectivity index (χ2v) is 14.1. The van der Waals surface area contributed by atoms with E-state index in [0.29, 0.717) is 17.2 Å². The van der Waals surface area contributed by atoms with Crippen LogP contribution in [0.2, 0.25) is 0 Å². The lowest BCUT2D eigenvalue weighted by molar-refractivity contribution is 0.444. The van der Waals surface area contributed by atoms with Crippen LogP contribution in [0.1, 0.15) is 127 Å². The Hall–Kier alpha value is -2.94. The first-order valence-electron chi connectivity index (χ1n) is 14.3. The highest BCUT2D eigenvalue weighted by Crippen LogP contribution is 2.42. The summed E-state index contributed by atoms with van der Waals surface area (Å²) < 4.78 is 0. The van der Waals surface area contributed by atoms with Gasteiger partial charge in [0.25, 0.3) is 0 Å². The van der Waals surface area contributed by atoms with Crippen LogP contribution in [-0.4, -0.2) is 15.3 Å². The van der Waals surface area contributed by atoms with Gasteiger partial charge in [0.05, 0.1) is 0 Å². The molecule has 0 heterocycles. The number of rotatable bonds is 4. The van der Waals surface area contributed by atoms with Gasteiger partial charge in [0.1, 0.15) is 17.2 Å². The number of hydrogen-bond acceptors (Lipinski definition) is 3. The molecule has 0 bridgehead atoms. The van der Waals surface area contributed by atoms with E-state index in [1.807, 2.05) is 30.3 Å². The summed E-state index contributed by atoms with van der Waals surface area (Å²) >= 11 is 0. The second kappa shape index (κ2) is 12.1. The molecular formula is C36H52O3. The molecule has 3 heteroatoms. The lowest BCUT2D eigenvalue weighted by Crippen LogP contribution is -2.16. The van der Waals surface area contributed by atoms with Crippen molar-refractivity contribution in [2.75, 3.05) is 0 Å². The molecule has 0 radical (unpaired) electrons. The summed E-state index contributed by atoms with van der Waals surface area (Å²) in [6.07, 6.45) is 2.10. The summed E-state index contributed by atoms with van der Waals surface area (Å²) in [5.41, 5.74) is 7.56. The van der Waals surface area contributed by atoms with E-state index < -0.39 is 0 Å². The molecular weight excluding hydrogens is 480 g/mol. The largest absolute Gasteiger partial charge is 0.508 e. The Morgan fingerprint density at radius 2 is 0.949 bits per heavy atom. The van der Waals surface area contributed by atoms with Crippen molar-refractivity contribution in [1.82, 2.24) is 0 Å². The fraction of sp³-hybridized carbons (Fsp3) is 0.500. The van der Waals surface area contributed by atoms with Crippen molar-refractivity contribution in [1.29, 1.82) is 0 Å². The normalized spacial score (nSPS) is 12.3. The lowest BCUT2D eigenvalue weighted by atomic mass is 9.76. The maximum Gasteiger partial charge on any atom is 0.119 e. The van der Waals surface area contributed by atoms with Gasteiger partial charge in [-0.25, -0.2) is 0 Å². The molecule has 0 spiro atoms. The van der Waals surface area contributed by atoms with Gasteiger partial charge < -0.3 is 15.3 Å². The first kappa shape index (κ1) is 32.3. The van der Waals surface area contributed by atoms with Crippen molar-refractivity contribution in [3.8, 4) is 17.2 Å². The minimum absolute atomic E-state index is 0.0331. The molecule has 0 amide bonds. The van der Waals surface area contributed by atoms with Crippen LogP contribution in [0.5, 0.6) is 17.2 Å². The number of phenols is 3. The summed E-state index contributed by atoms with van der Waals surface area (Å²) in [5, 5.41) is 30.5. The van der Waals surface area contributed by atoms with Gasteiger partial charge >= 0.3 is 0 Å². The average Bonchev–Trinajstić information content (AvgIpc) is 2.76. The molecule has 0 unspecified atom stereocenters. The molecule has 39 heavy (non-hydrogen) atoms. The number of aryl methyl sites for hydroxylation is 2. The summed E-state index contributed by atoms with van der Waals surface area (Å²) in [4.78, 5) is 0. The van der Waals surface area contributed by atoms with E-state index in [1.165, 1.54) is 11.1 Å². The number of para-hydroxylation sites is 1. The molecule has 0 aliphatic rings. The van der Waals surface area contributed by atoms with Gasteiger partial charge in [0.2, 0.25) is 0 Å². The minimum atomic E-state index is -0.121. The first-order valence-corrected chi connectivity index (χ1v) is 14.3. The van der Waals surface area contributed by atoms with Gasteiger partial charge in [-0.05, 0) is 93.7 Å². The van der Waals surface area contributed by atoms with E-state index >= 15 is 0 Å². The molecule has 3 aromatic carbocycles. The smallest absolute Gasteiger partial charge is 0.119 e. The van der Waals surface area contributed by atoms with Crippen LogP contribution in [0, 0.1) is 13.8 Å². The molecule has 0 aliphatic heterocycles. The summed E-state index contributed by atoms with van der Waals surface area (Å²) in [6, 6.07) is 15.7. The molecule has 0 aliphatic carbocycles. The quantitative estimate of drug-likeness (QED) is 0.313. The standard InChI is InChI=1S/C26H38O2.C10H14O/c1-10-11-18(19-14-21(25(4,5)6)23(27)12-16(19)2)20-15-22(26(7,8)9)24(28)13-17(20)3;1-10(2,3)8-6-4-5-7-9(8)11/h12-15,18,27-28H,10-11H2,1-9H3;4-7,11H,1-3H3. The van der Waals surface area contributed by atoms with Crippen LogP contribution in [0.15, 0.2) is 48.5 Å². The molecule has 0 saturated heterocycles. The maximum atomic E-state index is 10.5.